The summed E-state index contributed by atoms with van der Waals surface area (Å²) in [5.41, 5.74) is 13.3. The van der Waals surface area contributed by atoms with Gasteiger partial charge in [0.2, 0.25) is 0 Å². The van der Waals surface area contributed by atoms with Gasteiger partial charge in [-0.15, -0.1) is 0 Å². The topological polar surface area (TPSA) is 14.1 Å². The number of hydrogen-bond donors (Lipinski definition) is 0. The van der Waals surface area contributed by atoms with Crippen LogP contribution in [-0.4, -0.2) is 0 Å². The Labute approximate surface area is 138 Å². The molecular weight excluding hydrogens is 286 g/mol. The van der Waals surface area contributed by atoms with E-state index in [-0.39, 0.29) is 0 Å². The third-order valence-corrected chi connectivity index (χ3v) is 7.03. The van der Waals surface area contributed by atoms with E-state index in [0.717, 1.165) is 0 Å². The zero-order valence-electron chi connectivity index (χ0n) is 14.9. The summed E-state index contributed by atoms with van der Waals surface area (Å²) >= 11 is 1.92. The molecule has 2 aromatic rings. The Morgan fingerprint density at radius 2 is 0.773 bits per heavy atom. The number of fused-ring (bicyclic) bond motifs is 2. The Kier molecular flexibility index (Phi) is 3.56. The van der Waals surface area contributed by atoms with Gasteiger partial charge >= 0.3 is 0 Å². The highest BCUT2D eigenvalue weighted by molar-refractivity contribution is 7.99. The summed E-state index contributed by atoms with van der Waals surface area (Å²) in [6.45, 7) is 17.8. The van der Waals surface area contributed by atoms with Gasteiger partial charge in [0, 0.05) is 9.79 Å². The van der Waals surface area contributed by atoms with Gasteiger partial charge in [-0.05, 0) is 99.9 Å². The van der Waals surface area contributed by atoms with Gasteiger partial charge in [-0.25, -0.2) is 5.32 Å². The third-order valence-electron chi connectivity index (χ3n) is 5.62. The Morgan fingerprint density at radius 1 is 0.455 bits per heavy atom. The zero-order chi connectivity index (χ0) is 16.3. The lowest BCUT2D eigenvalue weighted by molar-refractivity contribution is 0.984. The maximum absolute atomic E-state index is 5.11. The largest absolute Gasteiger partial charge is 0.246 e. The number of benzene rings is 2. The normalized spacial score (nSPS) is 12.7. The van der Waals surface area contributed by atoms with Crippen LogP contribution in [0.4, 0.5) is 11.4 Å². The zero-order valence-corrected chi connectivity index (χ0v) is 15.7. The summed E-state index contributed by atoms with van der Waals surface area (Å²) in [4.78, 5) is 2.69. The first-order valence-corrected chi connectivity index (χ1v) is 8.67. The lowest BCUT2D eigenvalue weighted by Crippen LogP contribution is -2.10. The van der Waals surface area contributed by atoms with Crippen LogP contribution < -0.4 is 5.32 Å². The average molecular weight is 310 g/mol. The molecule has 0 aliphatic carbocycles. The molecule has 0 atom stereocenters. The van der Waals surface area contributed by atoms with Crippen molar-refractivity contribution in [3.05, 3.63) is 44.5 Å². The molecule has 0 saturated carbocycles. The molecule has 0 saturated heterocycles. The van der Waals surface area contributed by atoms with Gasteiger partial charge in [-0.2, -0.15) is 0 Å². The molecule has 1 heterocycles. The minimum Gasteiger partial charge on any atom is -0.246 e. The second-order valence-electron chi connectivity index (χ2n) is 6.57. The van der Waals surface area contributed by atoms with Crippen molar-refractivity contribution in [2.45, 2.75) is 65.2 Å². The quantitative estimate of drug-likeness (QED) is 0.483. The maximum Gasteiger partial charge on any atom is 0.0811 e. The molecule has 0 N–H and O–H groups in total. The molecule has 0 bridgehead atoms. The van der Waals surface area contributed by atoms with Gasteiger partial charge in [0.1, 0.15) is 0 Å². The lowest BCUT2D eigenvalue weighted by Gasteiger charge is -2.28. The van der Waals surface area contributed by atoms with E-state index in [0.29, 0.717) is 0 Å². The van der Waals surface area contributed by atoms with E-state index in [1.54, 1.807) is 0 Å². The van der Waals surface area contributed by atoms with Crippen molar-refractivity contribution < 1.29 is 0 Å². The minimum atomic E-state index is 1.18. The van der Waals surface area contributed by atoms with Crippen molar-refractivity contribution in [2.75, 3.05) is 0 Å². The molecule has 2 aromatic carbocycles. The Hall–Kier alpha value is -1.41. The summed E-state index contributed by atoms with van der Waals surface area (Å²) in [7, 11) is 0. The molecule has 1 nitrogen and oxygen atoms in total. The molecular formula is C20H24NS. The van der Waals surface area contributed by atoms with Gasteiger partial charge in [-0.1, -0.05) is 11.8 Å². The Bertz CT molecular complexity index is 680. The number of rotatable bonds is 0. The fourth-order valence-electron chi connectivity index (χ4n) is 3.25. The average Bonchev–Trinajstić information content (AvgIpc) is 2.52. The third kappa shape index (κ3) is 1.93. The summed E-state index contributed by atoms with van der Waals surface area (Å²) in [6, 6.07) is 0. The predicted octanol–water partition coefficient (Wildman–Crippen LogP) is 6.19. The predicted molar refractivity (Wildman–Crippen MR) is 96.4 cm³/mol. The van der Waals surface area contributed by atoms with E-state index in [1.165, 1.54) is 65.7 Å². The second kappa shape index (κ2) is 5.06. The van der Waals surface area contributed by atoms with Gasteiger partial charge in [-0.3, -0.25) is 0 Å². The molecule has 115 valence electrons. The van der Waals surface area contributed by atoms with E-state index in [1.807, 2.05) is 11.8 Å². The van der Waals surface area contributed by atoms with E-state index in [9.17, 15) is 0 Å². The summed E-state index contributed by atoms with van der Waals surface area (Å²) in [5.74, 6) is 0. The fraction of sp³-hybridized carbons (Fsp3) is 0.400. The van der Waals surface area contributed by atoms with Crippen molar-refractivity contribution in [1.29, 1.82) is 0 Å². The molecule has 1 radical (unpaired) electrons. The fourth-order valence-corrected chi connectivity index (χ4v) is 4.66. The summed E-state index contributed by atoms with van der Waals surface area (Å²) in [5, 5.41) is 5.11. The van der Waals surface area contributed by atoms with Crippen molar-refractivity contribution >= 4 is 23.1 Å². The monoisotopic (exact) mass is 310 g/mol. The molecule has 0 unspecified atom stereocenters. The van der Waals surface area contributed by atoms with Crippen LogP contribution in [0, 0.1) is 55.4 Å². The Morgan fingerprint density at radius 3 is 1.14 bits per heavy atom. The van der Waals surface area contributed by atoms with Crippen LogP contribution >= 0.6 is 11.8 Å². The van der Waals surface area contributed by atoms with Crippen molar-refractivity contribution in [3.63, 3.8) is 0 Å². The molecule has 3 rings (SSSR count). The van der Waals surface area contributed by atoms with Crippen LogP contribution in [-0.2, 0) is 0 Å². The summed E-state index contributed by atoms with van der Waals surface area (Å²) in [6.07, 6.45) is 0. The molecule has 0 spiro atoms. The molecule has 0 fully saturated rings. The standard InChI is InChI=1S/C20H24NS/c1-9-11(3)15(7)19-17(13(9)5)21-18-14(6)10(2)12(4)16(8)20(18)22-19/h1-8H3. The maximum atomic E-state index is 5.11. The van der Waals surface area contributed by atoms with E-state index in [2.05, 4.69) is 55.4 Å². The highest BCUT2D eigenvalue weighted by Crippen LogP contribution is 2.52. The second-order valence-corrected chi connectivity index (χ2v) is 7.59. The lowest BCUT2D eigenvalue weighted by atomic mass is 9.95. The van der Waals surface area contributed by atoms with Crippen LogP contribution in [0.2, 0.25) is 0 Å². The smallest absolute Gasteiger partial charge is 0.0811 e. The van der Waals surface area contributed by atoms with Crippen molar-refractivity contribution in [3.8, 4) is 0 Å². The first-order chi connectivity index (χ1) is 10.3. The molecule has 22 heavy (non-hydrogen) atoms. The van der Waals surface area contributed by atoms with E-state index in [4.69, 9.17) is 5.32 Å². The summed E-state index contributed by atoms with van der Waals surface area (Å²) < 4.78 is 0. The van der Waals surface area contributed by atoms with Gasteiger partial charge < -0.3 is 0 Å². The van der Waals surface area contributed by atoms with E-state index >= 15 is 0 Å². The molecule has 0 amide bonds. The van der Waals surface area contributed by atoms with Crippen LogP contribution in [0.25, 0.3) is 0 Å². The van der Waals surface area contributed by atoms with Gasteiger partial charge in [0.05, 0.1) is 11.4 Å². The van der Waals surface area contributed by atoms with Crippen molar-refractivity contribution in [1.82, 2.24) is 5.32 Å². The molecule has 1 aliphatic rings. The molecule has 0 aromatic heterocycles. The number of nitrogens with zero attached hydrogens (tertiary/aromatic N) is 1. The first kappa shape index (κ1) is 15.5. The highest BCUT2D eigenvalue weighted by Gasteiger charge is 2.27. The minimum absolute atomic E-state index is 1.18. The number of hydrogen-bond acceptors (Lipinski definition) is 1. The van der Waals surface area contributed by atoms with Crippen LogP contribution in [0.15, 0.2) is 9.79 Å². The van der Waals surface area contributed by atoms with Crippen molar-refractivity contribution in [2.24, 2.45) is 0 Å². The SMILES string of the molecule is Cc1c(C)c(C)c2c(c1C)[N]c1c(C)c(C)c(C)c(C)c1S2. The van der Waals surface area contributed by atoms with Gasteiger partial charge in [0.15, 0.2) is 0 Å². The first-order valence-electron chi connectivity index (χ1n) is 7.86. The molecule has 2 heteroatoms. The molecule has 1 aliphatic heterocycles. The van der Waals surface area contributed by atoms with Crippen LogP contribution in [0.5, 0.6) is 0 Å². The van der Waals surface area contributed by atoms with Crippen LogP contribution in [0.1, 0.15) is 44.5 Å². The van der Waals surface area contributed by atoms with Gasteiger partial charge in [0.25, 0.3) is 0 Å². The van der Waals surface area contributed by atoms with E-state index < -0.39 is 0 Å². The Balaban J connectivity index is 2.32. The van der Waals surface area contributed by atoms with Crippen LogP contribution in [0.3, 0.4) is 0 Å². The highest BCUT2D eigenvalue weighted by atomic mass is 32.2.